The van der Waals surface area contributed by atoms with Crippen LogP contribution in [0, 0.1) is 5.92 Å². The Hall–Kier alpha value is -3.00. The second-order valence-electron chi connectivity index (χ2n) is 8.74. The van der Waals surface area contributed by atoms with Crippen LogP contribution in [0.4, 0.5) is 0 Å². The van der Waals surface area contributed by atoms with Crippen LogP contribution in [0.1, 0.15) is 52.0 Å². The Kier molecular flexibility index (Phi) is 4.34. The van der Waals surface area contributed by atoms with Crippen molar-refractivity contribution in [2.24, 2.45) is 5.92 Å². The summed E-state index contributed by atoms with van der Waals surface area (Å²) in [5.74, 6) is -2.16. The van der Waals surface area contributed by atoms with Crippen LogP contribution in [0.15, 0.2) is 42.5 Å². The van der Waals surface area contributed by atoms with E-state index in [9.17, 15) is 22.8 Å². The maximum atomic E-state index is 12.9. The minimum absolute atomic E-state index is 0.0672. The summed E-state index contributed by atoms with van der Waals surface area (Å²) < 4.78 is 24.1. The van der Waals surface area contributed by atoms with Gasteiger partial charge in [-0.1, -0.05) is 30.3 Å². The van der Waals surface area contributed by atoms with Crippen molar-refractivity contribution < 1.29 is 27.9 Å². The number of amides is 1. The fraction of sp³-hybridized carbons (Fsp3) is 0.348. The van der Waals surface area contributed by atoms with Gasteiger partial charge in [-0.25, -0.2) is 8.42 Å². The molecule has 2 N–H and O–H groups in total. The van der Waals surface area contributed by atoms with Gasteiger partial charge in [0, 0.05) is 22.7 Å². The summed E-state index contributed by atoms with van der Waals surface area (Å²) in [4.78, 5) is 36.7. The molecule has 1 aliphatic heterocycles. The SMILES string of the molecule is O=C(NC1CCS(=O)(=O)C2(C1)CC(C(=O)O)C2)c1ccc2c(c1)C(=O)c1ccccc1-2. The smallest absolute Gasteiger partial charge is 0.306 e. The highest BCUT2D eigenvalue weighted by Crippen LogP contribution is 2.50. The molecule has 8 heteroatoms. The molecule has 1 unspecified atom stereocenters. The summed E-state index contributed by atoms with van der Waals surface area (Å²) in [6, 6.07) is 12.0. The third kappa shape index (κ3) is 3.00. The van der Waals surface area contributed by atoms with E-state index in [0.29, 0.717) is 23.1 Å². The Bertz CT molecular complexity index is 1240. The predicted octanol–water partition coefficient (Wildman–Crippen LogP) is 2.44. The van der Waals surface area contributed by atoms with Crippen molar-refractivity contribution >= 4 is 27.5 Å². The van der Waals surface area contributed by atoms with E-state index in [1.54, 1.807) is 30.3 Å². The minimum Gasteiger partial charge on any atom is -0.481 e. The zero-order chi connectivity index (χ0) is 22.0. The molecule has 160 valence electrons. The summed E-state index contributed by atoms with van der Waals surface area (Å²) in [6.07, 6.45) is 0.717. The zero-order valence-electron chi connectivity index (χ0n) is 16.6. The van der Waals surface area contributed by atoms with E-state index in [1.165, 1.54) is 0 Å². The molecule has 2 aromatic carbocycles. The summed E-state index contributed by atoms with van der Waals surface area (Å²) in [7, 11) is -3.39. The molecule has 31 heavy (non-hydrogen) atoms. The van der Waals surface area contributed by atoms with Crippen LogP contribution in [0.5, 0.6) is 0 Å². The van der Waals surface area contributed by atoms with E-state index in [-0.39, 0.29) is 42.7 Å². The van der Waals surface area contributed by atoms with Gasteiger partial charge in [-0.2, -0.15) is 0 Å². The Labute approximate surface area is 179 Å². The molecule has 0 aromatic heterocycles. The molecule has 1 saturated heterocycles. The van der Waals surface area contributed by atoms with Gasteiger partial charge in [0.15, 0.2) is 15.6 Å². The summed E-state index contributed by atoms with van der Waals surface area (Å²) in [5, 5.41) is 12.1. The zero-order valence-corrected chi connectivity index (χ0v) is 17.4. The lowest BCUT2D eigenvalue weighted by molar-refractivity contribution is -0.145. The number of carbonyl (C=O) groups excluding carboxylic acids is 2. The second-order valence-corrected chi connectivity index (χ2v) is 11.2. The third-order valence-corrected chi connectivity index (χ3v) is 9.52. The predicted molar refractivity (Wildman–Crippen MR) is 113 cm³/mol. The largest absolute Gasteiger partial charge is 0.481 e. The van der Waals surface area contributed by atoms with Crippen molar-refractivity contribution in [3.63, 3.8) is 0 Å². The molecular formula is C23H21NO6S. The first-order valence-electron chi connectivity index (χ1n) is 10.2. The van der Waals surface area contributed by atoms with Gasteiger partial charge in [0.25, 0.3) is 5.91 Å². The Morgan fingerprint density at radius 3 is 2.35 bits per heavy atom. The maximum absolute atomic E-state index is 12.9. The van der Waals surface area contributed by atoms with Gasteiger partial charge in [0.1, 0.15) is 0 Å². The summed E-state index contributed by atoms with van der Waals surface area (Å²) >= 11 is 0. The third-order valence-electron chi connectivity index (χ3n) is 6.92. The standard InChI is InChI=1S/C23H21NO6S/c25-20-18-4-2-1-3-16(18)17-6-5-13(9-19(17)20)21(26)24-15-7-8-31(29,30)23(12-15)10-14(11-23)22(27)28/h1-6,9,14-15H,7-8,10-12H2,(H,24,26)(H,27,28). The molecule has 3 aliphatic rings. The van der Waals surface area contributed by atoms with E-state index in [1.807, 2.05) is 12.1 Å². The number of carboxylic acids is 1. The first kappa shape index (κ1) is 19.9. The van der Waals surface area contributed by atoms with Crippen molar-refractivity contribution in [3.05, 3.63) is 59.2 Å². The quantitative estimate of drug-likeness (QED) is 0.647. The number of carbonyl (C=O) groups is 3. The van der Waals surface area contributed by atoms with Gasteiger partial charge >= 0.3 is 5.97 Å². The van der Waals surface area contributed by atoms with Gasteiger partial charge in [0.05, 0.1) is 16.4 Å². The number of fused-ring (bicyclic) bond motifs is 3. The number of benzene rings is 2. The van der Waals surface area contributed by atoms with Crippen molar-refractivity contribution in [2.75, 3.05) is 5.75 Å². The fourth-order valence-corrected chi connectivity index (χ4v) is 7.58. The first-order valence-corrected chi connectivity index (χ1v) is 11.9. The average Bonchev–Trinajstić information content (AvgIpc) is 2.99. The number of hydrogen-bond donors (Lipinski definition) is 2. The number of nitrogens with one attached hydrogen (secondary N) is 1. The van der Waals surface area contributed by atoms with Gasteiger partial charge in [-0.05, 0) is 48.9 Å². The molecule has 5 rings (SSSR count). The van der Waals surface area contributed by atoms with Crippen molar-refractivity contribution in [1.82, 2.24) is 5.32 Å². The fourth-order valence-electron chi connectivity index (χ4n) is 5.19. The molecule has 1 saturated carbocycles. The Morgan fingerprint density at radius 1 is 0.968 bits per heavy atom. The summed E-state index contributed by atoms with van der Waals surface area (Å²) in [6.45, 7) is 0. The van der Waals surface area contributed by atoms with Crippen molar-refractivity contribution in [3.8, 4) is 11.1 Å². The number of carboxylic acid groups (broad SMARTS) is 1. The highest BCUT2D eigenvalue weighted by Gasteiger charge is 2.58. The van der Waals surface area contributed by atoms with E-state index in [0.717, 1.165) is 11.1 Å². The number of sulfone groups is 1. The number of rotatable bonds is 3. The molecule has 1 heterocycles. The highest BCUT2D eigenvalue weighted by molar-refractivity contribution is 7.92. The lowest BCUT2D eigenvalue weighted by Crippen LogP contribution is -2.60. The lowest BCUT2D eigenvalue weighted by atomic mass is 9.70. The Balaban J connectivity index is 1.34. The maximum Gasteiger partial charge on any atom is 0.306 e. The van der Waals surface area contributed by atoms with E-state index in [4.69, 9.17) is 5.11 Å². The molecule has 0 bridgehead atoms. The van der Waals surface area contributed by atoms with E-state index >= 15 is 0 Å². The van der Waals surface area contributed by atoms with Crippen molar-refractivity contribution in [2.45, 2.75) is 36.5 Å². The highest BCUT2D eigenvalue weighted by atomic mass is 32.2. The second kappa shape index (κ2) is 6.75. The van der Waals surface area contributed by atoms with Gasteiger partial charge in [-0.15, -0.1) is 0 Å². The van der Waals surface area contributed by atoms with Crippen LogP contribution in [0.3, 0.4) is 0 Å². The van der Waals surface area contributed by atoms with Gasteiger partial charge in [-0.3, -0.25) is 14.4 Å². The average molecular weight is 439 g/mol. The monoisotopic (exact) mass is 439 g/mol. The number of hydrogen-bond acceptors (Lipinski definition) is 5. The van der Waals surface area contributed by atoms with Crippen LogP contribution in [-0.4, -0.2) is 47.7 Å². The molecule has 7 nitrogen and oxygen atoms in total. The molecule has 1 spiro atoms. The Morgan fingerprint density at radius 2 is 1.65 bits per heavy atom. The van der Waals surface area contributed by atoms with Crippen LogP contribution in [-0.2, 0) is 14.6 Å². The van der Waals surface area contributed by atoms with Crippen molar-refractivity contribution in [1.29, 1.82) is 0 Å². The van der Waals surface area contributed by atoms with Crippen LogP contribution in [0.25, 0.3) is 11.1 Å². The van der Waals surface area contributed by atoms with Crippen LogP contribution >= 0.6 is 0 Å². The minimum atomic E-state index is -3.39. The van der Waals surface area contributed by atoms with Crippen LogP contribution in [0.2, 0.25) is 0 Å². The first-order chi connectivity index (χ1) is 14.7. The molecule has 2 aliphatic carbocycles. The molecule has 2 fully saturated rings. The molecule has 0 radical (unpaired) electrons. The van der Waals surface area contributed by atoms with Gasteiger partial charge < -0.3 is 10.4 Å². The normalized spacial score (nSPS) is 27.8. The lowest BCUT2D eigenvalue weighted by Gasteiger charge is -2.49. The topological polar surface area (TPSA) is 118 Å². The number of ketones is 1. The van der Waals surface area contributed by atoms with E-state index in [2.05, 4.69) is 5.32 Å². The summed E-state index contributed by atoms with van der Waals surface area (Å²) in [5.41, 5.74) is 3.10. The molecule has 1 atom stereocenters. The molecule has 1 amide bonds. The molecule has 2 aromatic rings. The van der Waals surface area contributed by atoms with E-state index < -0.39 is 26.5 Å². The van der Waals surface area contributed by atoms with Crippen LogP contribution < -0.4 is 5.32 Å². The number of aliphatic carboxylic acids is 1. The molecular weight excluding hydrogens is 418 g/mol. The van der Waals surface area contributed by atoms with Gasteiger partial charge in [0.2, 0.25) is 0 Å².